The van der Waals surface area contributed by atoms with Crippen molar-refractivity contribution in [3.8, 4) is 0 Å². The van der Waals surface area contributed by atoms with E-state index in [1.165, 1.54) is 6.21 Å². The van der Waals surface area contributed by atoms with Gasteiger partial charge in [-0.05, 0) is 34.0 Å². The molecule has 3 nitrogen and oxygen atoms in total. The summed E-state index contributed by atoms with van der Waals surface area (Å²) in [7, 11) is 1.77. The van der Waals surface area contributed by atoms with E-state index in [1.807, 2.05) is 54.6 Å². The van der Waals surface area contributed by atoms with Crippen LogP contribution in [0.2, 0.25) is 5.02 Å². The molecule has 3 aromatic rings. The van der Waals surface area contributed by atoms with Gasteiger partial charge in [0, 0.05) is 30.4 Å². The fourth-order valence-corrected chi connectivity index (χ4v) is 2.99. The number of hydrogen-bond acceptors (Lipinski definition) is 2. The van der Waals surface area contributed by atoms with Crippen molar-refractivity contribution in [2.45, 2.75) is 6.54 Å². The van der Waals surface area contributed by atoms with Gasteiger partial charge >= 0.3 is 0 Å². The van der Waals surface area contributed by atoms with Gasteiger partial charge in [0.25, 0.3) is 5.91 Å². The molecule has 1 amide bonds. The molecule has 24 heavy (non-hydrogen) atoms. The number of nitrogens with one attached hydrogen (secondary N) is 1. The molecule has 0 aliphatic rings. The van der Waals surface area contributed by atoms with Crippen molar-refractivity contribution < 1.29 is 4.79 Å². The average molecular weight is 337 g/mol. The Morgan fingerprint density at radius 1 is 1.04 bits per heavy atom. The van der Waals surface area contributed by atoms with E-state index in [9.17, 15) is 4.79 Å². The molecule has 0 saturated heterocycles. The number of carbonyl (C=O) groups excluding carboxylic acids is 1. The van der Waals surface area contributed by atoms with Crippen LogP contribution in [0.1, 0.15) is 21.5 Å². The molecule has 0 bridgehead atoms. The van der Waals surface area contributed by atoms with Crippen molar-refractivity contribution in [1.82, 2.24) is 4.90 Å². The van der Waals surface area contributed by atoms with Crippen LogP contribution in [0, 0.1) is 5.41 Å². The van der Waals surface area contributed by atoms with Gasteiger partial charge in [-0.3, -0.25) is 4.79 Å². The first-order valence-corrected chi connectivity index (χ1v) is 8.00. The Morgan fingerprint density at radius 2 is 1.71 bits per heavy atom. The summed E-state index contributed by atoms with van der Waals surface area (Å²) in [5.74, 6) is -0.0670. The largest absolute Gasteiger partial charge is 0.337 e. The first-order chi connectivity index (χ1) is 11.6. The summed E-state index contributed by atoms with van der Waals surface area (Å²) in [6.07, 6.45) is 1.31. The third-order valence-corrected chi connectivity index (χ3v) is 4.42. The fourth-order valence-electron chi connectivity index (χ4n) is 2.79. The second kappa shape index (κ2) is 6.85. The highest BCUT2D eigenvalue weighted by atomic mass is 35.5. The summed E-state index contributed by atoms with van der Waals surface area (Å²) in [5, 5.41) is 9.94. The van der Waals surface area contributed by atoms with E-state index >= 15 is 0 Å². The number of carbonyl (C=O) groups is 1. The molecular formula is C20H17ClN2O. The van der Waals surface area contributed by atoms with Gasteiger partial charge in [-0.25, -0.2) is 0 Å². The van der Waals surface area contributed by atoms with Gasteiger partial charge in [-0.1, -0.05) is 60.1 Å². The van der Waals surface area contributed by atoms with Gasteiger partial charge in [0.1, 0.15) is 0 Å². The minimum absolute atomic E-state index is 0.0670. The lowest BCUT2D eigenvalue weighted by molar-refractivity contribution is 0.0787. The summed E-state index contributed by atoms with van der Waals surface area (Å²) in [5.41, 5.74) is 2.34. The van der Waals surface area contributed by atoms with Crippen LogP contribution in [0.25, 0.3) is 10.8 Å². The molecule has 0 aromatic heterocycles. The number of fused-ring (bicyclic) bond motifs is 1. The molecule has 0 aliphatic carbocycles. The number of nitrogens with zero attached hydrogens (tertiary/aromatic N) is 1. The zero-order valence-corrected chi connectivity index (χ0v) is 14.0. The highest BCUT2D eigenvalue weighted by Gasteiger charge is 2.16. The standard InChI is InChI=1S/C20H17ClN2O/c1-23(13-15-6-2-5-9-19(15)21)20(24)18-11-10-14(12-22)16-7-3-4-8-17(16)18/h2-12,22H,13H2,1H3. The Balaban J connectivity index is 1.97. The number of benzene rings is 3. The normalized spacial score (nSPS) is 10.6. The van der Waals surface area contributed by atoms with Crippen LogP contribution in [0.4, 0.5) is 0 Å². The smallest absolute Gasteiger partial charge is 0.254 e. The molecule has 3 aromatic carbocycles. The van der Waals surface area contributed by atoms with Crippen molar-refractivity contribution in [1.29, 1.82) is 5.41 Å². The Labute approximate surface area is 146 Å². The maximum Gasteiger partial charge on any atom is 0.254 e. The summed E-state index contributed by atoms with van der Waals surface area (Å²) in [6, 6.07) is 18.8. The topological polar surface area (TPSA) is 44.2 Å². The van der Waals surface area contributed by atoms with E-state index in [0.29, 0.717) is 17.1 Å². The Hall–Kier alpha value is -2.65. The Morgan fingerprint density at radius 3 is 2.42 bits per heavy atom. The van der Waals surface area contributed by atoms with Crippen LogP contribution in [0.15, 0.2) is 60.7 Å². The molecule has 0 radical (unpaired) electrons. The molecule has 0 aliphatic heterocycles. The lowest BCUT2D eigenvalue weighted by atomic mass is 9.99. The first kappa shape index (κ1) is 16.2. The van der Waals surface area contributed by atoms with Gasteiger partial charge in [0.15, 0.2) is 0 Å². The van der Waals surface area contributed by atoms with Gasteiger partial charge in [0.2, 0.25) is 0 Å². The van der Waals surface area contributed by atoms with Crippen LogP contribution in [-0.2, 0) is 6.54 Å². The SMILES string of the molecule is CN(Cc1ccccc1Cl)C(=O)c1ccc(C=N)c2ccccc12. The highest BCUT2D eigenvalue weighted by Crippen LogP contribution is 2.24. The molecule has 0 spiro atoms. The van der Waals surface area contributed by atoms with Gasteiger partial charge < -0.3 is 10.3 Å². The predicted octanol–water partition coefficient (Wildman–Crippen LogP) is 4.76. The van der Waals surface area contributed by atoms with Crippen molar-refractivity contribution in [3.63, 3.8) is 0 Å². The van der Waals surface area contributed by atoms with E-state index < -0.39 is 0 Å². The number of amides is 1. The highest BCUT2D eigenvalue weighted by molar-refractivity contribution is 6.31. The van der Waals surface area contributed by atoms with Crippen LogP contribution in [0.3, 0.4) is 0 Å². The summed E-state index contributed by atoms with van der Waals surface area (Å²) >= 11 is 6.19. The second-order valence-corrected chi connectivity index (χ2v) is 6.05. The lowest BCUT2D eigenvalue weighted by Gasteiger charge is -2.19. The Kier molecular flexibility index (Phi) is 4.63. The van der Waals surface area contributed by atoms with E-state index in [1.54, 1.807) is 18.0 Å². The zero-order valence-electron chi connectivity index (χ0n) is 13.3. The maximum absolute atomic E-state index is 12.9. The molecule has 0 atom stereocenters. The molecule has 3 rings (SSSR count). The van der Waals surface area contributed by atoms with Crippen LogP contribution < -0.4 is 0 Å². The molecule has 120 valence electrons. The van der Waals surface area contributed by atoms with Crippen molar-refractivity contribution in [2.75, 3.05) is 7.05 Å². The van der Waals surface area contributed by atoms with Gasteiger partial charge in [-0.15, -0.1) is 0 Å². The monoisotopic (exact) mass is 336 g/mol. The molecule has 0 unspecified atom stereocenters. The van der Waals surface area contributed by atoms with Gasteiger partial charge in [-0.2, -0.15) is 0 Å². The molecular weight excluding hydrogens is 320 g/mol. The summed E-state index contributed by atoms with van der Waals surface area (Å²) in [6.45, 7) is 0.444. The molecule has 4 heteroatoms. The van der Waals surface area contributed by atoms with E-state index in [4.69, 9.17) is 17.0 Å². The fraction of sp³-hybridized carbons (Fsp3) is 0.100. The average Bonchev–Trinajstić information content (AvgIpc) is 2.62. The molecule has 0 heterocycles. The summed E-state index contributed by atoms with van der Waals surface area (Å²) < 4.78 is 0. The van der Waals surface area contributed by atoms with Crippen LogP contribution >= 0.6 is 11.6 Å². The van der Waals surface area contributed by atoms with E-state index in [2.05, 4.69) is 0 Å². The minimum Gasteiger partial charge on any atom is -0.337 e. The minimum atomic E-state index is -0.0670. The van der Waals surface area contributed by atoms with Crippen LogP contribution in [-0.4, -0.2) is 24.1 Å². The Bertz CT molecular complexity index is 920. The molecule has 0 saturated carbocycles. The van der Waals surface area contributed by atoms with Crippen molar-refractivity contribution >= 4 is 34.5 Å². The predicted molar refractivity (Wildman–Crippen MR) is 99.1 cm³/mol. The molecule has 0 fully saturated rings. The second-order valence-electron chi connectivity index (χ2n) is 5.64. The van der Waals surface area contributed by atoms with E-state index in [0.717, 1.165) is 21.9 Å². The zero-order chi connectivity index (χ0) is 17.1. The third-order valence-electron chi connectivity index (χ3n) is 4.06. The number of hydrogen-bond donors (Lipinski definition) is 1. The third kappa shape index (κ3) is 3.03. The van der Waals surface area contributed by atoms with Gasteiger partial charge in [0.05, 0.1) is 0 Å². The summed E-state index contributed by atoms with van der Waals surface area (Å²) in [4.78, 5) is 14.6. The number of rotatable bonds is 4. The quantitative estimate of drug-likeness (QED) is 0.686. The van der Waals surface area contributed by atoms with E-state index in [-0.39, 0.29) is 5.91 Å². The number of halogens is 1. The maximum atomic E-state index is 12.9. The molecule has 1 N–H and O–H groups in total. The van der Waals surface area contributed by atoms with Crippen molar-refractivity contribution in [2.24, 2.45) is 0 Å². The van der Waals surface area contributed by atoms with Crippen LogP contribution in [0.5, 0.6) is 0 Å². The van der Waals surface area contributed by atoms with Crippen molar-refractivity contribution in [3.05, 3.63) is 82.4 Å². The lowest BCUT2D eigenvalue weighted by Crippen LogP contribution is -2.26. The first-order valence-electron chi connectivity index (χ1n) is 7.63.